The van der Waals surface area contributed by atoms with Crippen LogP contribution in [0, 0.1) is 12.8 Å². The van der Waals surface area contributed by atoms with Gasteiger partial charge in [0.2, 0.25) is 0 Å². The van der Waals surface area contributed by atoms with Crippen LogP contribution in [0.4, 0.5) is 4.79 Å². The molecule has 0 aromatic carbocycles. The quantitative estimate of drug-likeness (QED) is 0.888. The van der Waals surface area contributed by atoms with E-state index < -0.39 is 0 Å². The Bertz CT molecular complexity index is 576. The molecule has 1 aliphatic carbocycles. The summed E-state index contributed by atoms with van der Waals surface area (Å²) in [5.41, 5.74) is 1.89. The Morgan fingerprint density at radius 1 is 1.50 bits per heavy atom. The van der Waals surface area contributed by atoms with Crippen LogP contribution in [0.25, 0.3) is 0 Å². The average molecular weight is 336 g/mol. The largest absolute Gasteiger partial charge is 0.393 e. The maximum Gasteiger partial charge on any atom is 0.317 e. The van der Waals surface area contributed by atoms with Crippen LogP contribution in [0.2, 0.25) is 0 Å². The van der Waals surface area contributed by atoms with Gasteiger partial charge in [-0.25, -0.2) is 4.79 Å². The Hall–Kier alpha value is -1.56. The summed E-state index contributed by atoms with van der Waals surface area (Å²) in [5.74, 6) is 0.196. The number of nitrogens with one attached hydrogen (secondary N) is 1. The van der Waals surface area contributed by atoms with Crippen molar-refractivity contribution in [3.63, 3.8) is 0 Å². The normalized spacial score (nSPS) is 22.5. The Labute approximate surface area is 145 Å². The standard InChI is InChI=1S/C18H32N4O2/c1-12(15-11-22(18(3,4)5)20-13(15)2)19-17(24)21(6)10-14-8-7-9-16(14)23/h11-12,14,16,23H,7-10H2,1-6H3,(H,19,24)/t12-,14-,16+/m0/s1. The van der Waals surface area contributed by atoms with E-state index in [-0.39, 0.29) is 29.6 Å². The Morgan fingerprint density at radius 2 is 2.17 bits per heavy atom. The maximum absolute atomic E-state index is 12.4. The van der Waals surface area contributed by atoms with Crippen molar-refractivity contribution in [1.82, 2.24) is 20.0 Å². The molecule has 1 saturated carbocycles. The molecule has 2 N–H and O–H groups in total. The van der Waals surface area contributed by atoms with Crippen LogP contribution in [0.5, 0.6) is 0 Å². The number of aliphatic hydroxyl groups excluding tert-OH is 1. The van der Waals surface area contributed by atoms with Crippen molar-refractivity contribution in [2.45, 2.75) is 71.6 Å². The third-order valence-corrected chi connectivity index (χ3v) is 4.90. The molecule has 0 spiro atoms. The van der Waals surface area contributed by atoms with Crippen molar-refractivity contribution in [3.8, 4) is 0 Å². The van der Waals surface area contributed by atoms with Gasteiger partial charge in [-0.05, 0) is 47.5 Å². The van der Waals surface area contributed by atoms with E-state index in [1.165, 1.54) is 0 Å². The van der Waals surface area contributed by atoms with Gasteiger partial charge in [0.1, 0.15) is 0 Å². The number of carbonyl (C=O) groups is 1. The van der Waals surface area contributed by atoms with Crippen LogP contribution in [-0.4, -0.2) is 45.5 Å². The minimum atomic E-state index is -0.273. The summed E-state index contributed by atoms with van der Waals surface area (Å²) in [6.45, 7) is 10.9. The molecule has 6 heteroatoms. The molecule has 0 aliphatic heterocycles. The maximum atomic E-state index is 12.4. The lowest BCUT2D eigenvalue weighted by Crippen LogP contribution is -2.42. The zero-order valence-electron chi connectivity index (χ0n) is 15.8. The van der Waals surface area contributed by atoms with Gasteiger partial charge in [0, 0.05) is 31.3 Å². The molecular formula is C18H32N4O2. The first-order chi connectivity index (χ1) is 11.1. The number of aromatic nitrogens is 2. The topological polar surface area (TPSA) is 70.4 Å². The minimum Gasteiger partial charge on any atom is -0.393 e. The van der Waals surface area contributed by atoms with E-state index in [0.29, 0.717) is 6.54 Å². The highest BCUT2D eigenvalue weighted by molar-refractivity contribution is 5.74. The van der Waals surface area contributed by atoms with Gasteiger partial charge >= 0.3 is 6.03 Å². The van der Waals surface area contributed by atoms with Crippen molar-refractivity contribution in [2.75, 3.05) is 13.6 Å². The first-order valence-corrected chi connectivity index (χ1v) is 8.86. The third-order valence-electron chi connectivity index (χ3n) is 4.90. The number of amides is 2. The van der Waals surface area contributed by atoms with Gasteiger partial charge < -0.3 is 15.3 Å². The Balaban J connectivity index is 1.97. The van der Waals surface area contributed by atoms with Crippen LogP contribution in [0.1, 0.15) is 64.3 Å². The van der Waals surface area contributed by atoms with E-state index in [2.05, 4.69) is 31.2 Å². The van der Waals surface area contributed by atoms with Gasteiger partial charge in [-0.2, -0.15) is 5.10 Å². The van der Waals surface area contributed by atoms with Gasteiger partial charge in [-0.1, -0.05) is 6.42 Å². The van der Waals surface area contributed by atoms with Crippen molar-refractivity contribution in [1.29, 1.82) is 0 Å². The highest BCUT2D eigenvalue weighted by atomic mass is 16.3. The molecule has 6 nitrogen and oxygen atoms in total. The number of hydrogen-bond acceptors (Lipinski definition) is 3. The fourth-order valence-electron chi connectivity index (χ4n) is 3.28. The molecule has 0 radical (unpaired) electrons. The van der Waals surface area contributed by atoms with Crippen LogP contribution in [0.3, 0.4) is 0 Å². The summed E-state index contributed by atoms with van der Waals surface area (Å²) in [7, 11) is 1.79. The van der Waals surface area contributed by atoms with Gasteiger partial charge in [-0.15, -0.1) is 0 Å². The molecule has 1 fully saturated rings. The van der Waals surface area contributed by atoms with E-state index in [4.69, 9.17) is 0 Å². The van der Waals surface area contributed by atoms with E-state index in [0.717, 1.165) is 30.5 Å². The second-order valence-electron chi connectivity index (χ2n) is 8.10. The van der Waals surface area contributed by atoms with Crippen molar-refractivity contribution < 1.29 is 9.90 Å². The fourth-order valence-corrected chi connectivity index (χ4v) is 3.28. The van der Waals surface area contributed by atoms with Crippen LogP contribution in [0.15, 0.2) is 6.20 Å². The van der Waals surface area contributed by atoms with Crippen LogP contribution < -0.4 is 5.32 Å². The molecule has 24 heavy (non-hydrogen) atoms. The minimum absolute atomic E-state index is 0.0812. The van der Waals surface area contributed by atoms with E-state index in [9.17, 15) is 9.90 Å². The third kappa shape index (κ3) is 4.29. The fraction of sp³-hybridized carbons (Fsp3) is 0.778. The summed E-state index contributed by atoms with van der Waals surface area (Å²) in [6, 6.07) is -0.214. The smallest absolute Gasteiger partial charge is 0.317 e. The zero-order chi connectivity index (χ0) is 18.1. The summed E-state index contributed by atoms with van der Waals surface area (Å²) < 4.78 is 1.94. The number of aliphatic hydroxyl groups is 1. The molecule has 1 aromatic rings. The number of aryl methyl sites for hydroxylation is 1. The summed E-state index contributed by atoms with van der Waals surface area (Å²) >= 11 is 0. The molecule has 1 aliphatic rings. The van der Waals surface area contributed by atoms with Gasteiger partial charge in [-0.3, -0.25) is 4.68 Å². The van der Waals surface area contributed by atoms with Gasteiger partial charge in [0.05, 0.1) is 23.4 Å². The number of urea groups is 1. The van der Waals surface area contributed by atoms with Gasteiger partial charge in [0.15, 0.2) is 0 Å². The first-order valence-electron chi connectivity index (χ1n) is 8.86. The molecule has 2 rings (SSSR count). The Morgan fingerprint density at radius 3 is 2.67 bits per heavy atom. The molecule has 3 atom stereocenters. The van der Waals surface area contributed by atoms with Crippen molar-refractivity contribution in [3.05, 3.63) is 17.5 Å². The monoisotopic (exact) mass is 336 g/mol. The SMILES string of the molecule is Cc1nn(C(C)(C)C)cc1[C@H](C)NC(=O)N(C)C[C@@H]1CCC[C@H]1O. The second-order valence-corrected chi connectivity index (χ2v) is 8.10. The molecule has 0 unspecified atom stereocenters. The lowest BCUT2D eigenvalue weighted by atomic mass is 10.1. The highest BCUT2D eigenvalue weighted by Gasteiger charge is 2.28. The lowest BCUT2D eigenvalue weighted by Gasteiger charge is -2.25. The molecule has 1 heterocycles. The number of hydrogen-bond donors (Lipinski definition) is 2. The summed E-state index contributed by atoms with van der Waals surface area (Å²) in [6.07, 6.45) is 4.63. The van der Waals surface area contributed by atoms with E-state index in [1.54, 1.807) is 11.9 Å². The van der Waals surface area contributed by atoms with Crippen LogP contribution >= 0.6 is 0 Å². The van der Waals surface area contributed by atoms with E-state index >= 15 is 0 Å². The molecule has 2 amide bonds. The number of rotatable bonds is 4. The van der Waals surface area contributed by atoms with Crippen molar-refractivity contribution >= 4 is 6.03 Å². The second kappa shape index (κ2) is 7.13. The highest BCUT2D eigenvalue weighted by Crippen LogP contribution is 2.26. The van der Waals surface area contributed by atoms with Crippen molar-refractivity contribution in [2.24, 2.45) is 5.92 Å². The number of carbonyl (C=O) groups excluding carboxylic acids is 1. The summed E-state index contributed by atoms with van der Waals surface area (Å²) in [5, 5.41) is 17.5. The van der Waals surface area contributed by atoms with E-state index in [1.807, 2.05) is 24.7 Å². The zero-order valence-corrected chi connectivity index (χ0v) is 15.8. The van der Waals surface area contributed by atoms with Gasteiger partial charge in [0.25, 0.3) is 0 Å². The predicted molar refractivity (Wildman–Crippen MR) is 94.9 cm³/mol. The lowest BCUT2D eigenvalue weighted by molar-refractivity contribution is 0.113. The molecule has 136 valence electrons. The predicted octanol–water partition coefficient (Wildman–Crippen LogP) is 2.81. The van der Waals surface area contributed by atoms with Crippen LogP contribution in [-0.2, 0) is 5.54 Å². The Kier molecular flexibility index (Phi) is 5.58. The average Bonchev–Trinajstić information content (AvgIpc) is 3.05. The molecule has 1 aromatic heterocycles. The summed E-state index contributed by atoms with van der Waals surface area (Å²) in [4.78, 5) is 14.1. The molecule has 0 bridgehead atoms. The molecule has 0 saturated heterocycles. The first kappa shape index (κ1) is 18.8. The molecular weight excluding hydrogens is 304 g/mol. The number of nitrogens with zero attached hydrogens (tertiary/aromatic N) is 3.